The van der Waals surface area contributed by atoms with Gasteiger partial charge in [-0.25, -0.2) is 23.4 Å². The predicted molar refractivity (Wildman–Crippen MR) is 228 cm³/mol. The van der Waals surface area contributed by atoms with Crippen LogP contribution in [0.4, 0.5) is 26.0 Å². The van der Waals surface area contributed by atoms with Crippen molar-refractivity contribution >= 4 is 52.6 Å². The highest BCUT2D eigenvalue weighted by Gasteiger charge is 2.45. The Balaban J connectivity index is 0.743. The smallest absolute Gasteiger partial charge is 0.284 e. The number of hydrogen-bond acceptors (Lipinski definition) is 13. The van der Waals surface area contributed by atoms with Crippen LogP contribution in [0.15, 0.2) is 77.7 Å². The van der Waals surface area contributed by atoms with Gasteiger partial charge >= 0.3 is 0 Å². The first-order chi connectivity index (χ1) is 31.0. The summed E-state index contributed by atoms with van der Waals surface area (Å²) in [5.74, 6) is -1.81. The number of nitrogens with zero attached hydrogens (tertiary/aromatic N) is 5. The van der Waals surface area contributed by atoms with E-state index in [1.165, 1.54) is 23.7 Å². The van der Waals surface area contributed by atoms with Crippen molar-refractivity contribution in [2.45, 2.75) is 57.4 Å². The lowest BCUT2D eigenvalue weighted by Gasteiger charge is -2.27. The number of halogens is 2. The van der Waals surface area contributed by atoms with Crippen LogP contribution in [-0.2, 0) is 9.59 Å². The maximum absolute atomic E-state index is 14.0. The van der Waals surface area contributed by atoms with Gasteiger partial charge in [0.15, 0.2) is 11.4 Å². The van der Waals surface area contributed by atoms with Crippen LogP contribution < -0.4 is 31.9 Å². The second-order valence-electron chi connectivity index (χ2n) is 15.6. The number of hydrogen-bond donors (Lipinski definition) is 6. The number of benzene rings is 2. The standard InChI is InChI=1S/C44H45F2N11O7/c45-38(46)37-31(52-40(60)32-24-64-42(53-32)27-15-18-49-34(21-27)51-22-25-7-8-25)23-56(55-37)28-11-9-26(10-12-28)39(59)50-17-3-1-2-16-47-19-20-48-30-6-4-5-29-36(30)44(63)57(43(29)62)33-13-14-35(58)54-41(33)61/h4-6,9-12,15,18,21,23-25,33,38,47-48H,1-3,7-8,13-14,16-17,19-20,22H2,(H,49,51)(H,50,59)(H,52,60)(H,54,58,61). The molecule has 3 aromatic heterocycles. The number of oxazole rings is 1. The molecule has 6 amide bonds. The van der Waals surface area contributed by atoms with Crippen LogP contribution in [0.1, 0.15) is 98.6 Å². The van der Waals surface area contributed by atoms with Gasteiger partial charge < -0.3 is 31.0 Å². The zero-order valence-corrected chi connectivity index (χ0v) is 34.5. The third-order valence-electron chi connectivity index (χ3n) is 11.0. The van der Waals surface area contributed by atoms with Crippen molar-refractivity contribution in [2.75, 3.05) is 48.7 Å². The third kappa shape index (κ3) is 9.96. The monoisotopic (exact) mass is 877 g/mol. The van der Waals surface area contributed by atoms with Crippen LogP contribution in [0.2, 0.25) is 0 Å². The number of imide groups is 2. The summed E-state index contributed by atoms with van der Waals surface area (Å²) < 4.78 is 34.8. The van der Waals surface area contributed by atoms with Gasteiger partial charge in [0, 0.05) is 55.6 Å². The molecular weight excluding hydrogens is 833 g/mol. The van der Waals surface area contributed by atoms with Crippen LogP contribution in [0.3, 0.4) is 0 Å². The summed E-state index contributed by atoms with van der Waals surface area (Å²) in [6, 6.07) is 13.6. The highest BCUT2D eigenvalue weighted by Crippen LogP contribution is 2.33. The van der Waals surface area contributed by atoms with Gasteiger partial charge in [-0.05, 0) is 93.1 Å². The normalized spacial score (nSPS) is 15.9. The number of rotatable bonds is 20. The Labute approximate surface area is 365 Å². The molecule has 0 spiro atoms. The number of piperidine rings is 1. The van der Waals surface area contributed by atoms with Crippen molar-refractivity contribution in [1.29, 1.82) is 0 Å². The zero-order valence-electron chi connectivity index (χ0n) is 34.5. The molecule has 5 aromatic rings. The van der Waals surface area contributed by atoms with E-state index < -0.39 is 47.7 Å². The molecule has 0 radical (unpaired) electrons. The fourth-order valence-corrected chi connectivity index (χ4v) is 7.40. The number of nitrogens with one attached hydrogen (secondary N) is 6. The van der Waals surface area contributed by atoms with Crippen LogP contribution in [0, 0.1) is 5.92 Å². The summed E-state index contributed by atoms with van der Waals surface area (Å²) in [6.45, 7) is 3.01. The Bertz CT molecular complexity index is 2570. The van der Waals surface area contributed by atoms with Gasteiger partial charge in [-0.1, -0.05) is 12.5 Å². The van der Waals surface area contributed by atoms with Gasteiger partial charge in [0.2, 0.25) is 17.7 Å². The minimum atomic E-state index is -2.99. The molecule has 0 bridgehead atoms. The Kier molecular flexibility index (Phi) is 13.1. The van der Waals surface area contributed by atoms with Gasteiger partial charge in [-0.3, -0.25) is 39.0 Å². The Morgan fingerprint density at radius 3 is 2.47 bits per heavy atom. The van der Waals surface area contributed by atoms with E-state index >= 15 is 0 Å². The molecule has 64 heavy (non-hydrogen) atoms. The van der Waals surface area contributed by atoms with Crippen LogP contribution >= 0.6 is 0 Å². The van der Waals surface area contributed by atoms with E-state index in [1.807, 2.05) is 0 Å². The molecule has 5 heterocycles. The number of alkyl halides is 2. The number of carbonyl (C=O) groups excluding carboxylic acids is 6. The maximum Gasteiger partial charge on any atom is 0.284 e. The molecule has 1 saturated carbocycles. The molecule has 1 saturated heterocycles. The van der Waals surface area contributed by atoms with Crippen molar-refractivity contribution < 1.29 is 42.0 Å². The molecule has 18 nitrogen and oxygen atoms in total. The Hall–Kier alpha value is -7.35. The summed E-state index contributed by atoms with van der Waals surface area (Å²) in [4.78, 5) is 85.7. The second kappa shape index (κ2) is 19.4. The minimum Gasteiger partial charge on any atom is -0.444 e. The largest absolute Gasteiger partial charge is 0.444 e. The first-order valence-corrected chi connectivity index (χ1v) is 21.1. The predicted octanol–water partition coefficient (Wildman–Crippen LogP) is 4.94. The number of carbonyl (C=O) groups is 6. The molecule has 2 fully saturated rings. The lowest BCUT2D eigenvalue weighted by molar-refractivity contribution is -0.136. The molecule has 8 rings (SSSR count). The quantitative estimate of drug-likeness (QED) is 0.0450. The first-order valence-electron chi connectivity index (χ1n) is 21.1. The summed E-state index contributed by atoms with van der Waals surface area (Å²) in [5, 5.41) is 21.3. The number of aromatic nitrogens is 4. The SMILES string of the molecule is O=C1CCC(N2C(=O)c3cccc(NCCNCCCCCNC(=O)c4ccc(-n5cc(NC(=O)c6coc(-c7ccnc(NCC8CC8)c7)n6)c(C(F)F)n5)cc4)c3C2=O)C(=O)N1. The third-order valence-corrected chi connectivity index (χ3v) is 11.0. The number of fused-ring (bicyclic) bond motifs is 1. The van der Waals surface area contributed by atoms with Crippen LogP contribution in [0.5, 0.6) is 0 Å². The topological polar surface area (TPSA) is 235 Å². The van der Waals surface area contributed by atoms with Crippen LogP contribution in [-0.4, -0.2) is 98.9 Å². The van der Waals surface area contributed by atoms with E-state index in [0.717, 1.165) is 37.0 Å². The molecule has 2 aromatic carbocycles. The maximum atomic E-state index is 14.0. The first kappa shape index (κ1) is 43.3. The molecule has 3 aliphatic rings. The van der Waals surface area contributed by atoms with Gasteiger partial charge in [-0.15, -0.1) is 0 Å². The number of unbranched alkanes of at least 4 members (excludes halogenated alkanes) is 2. The molecule has 332 valence electrons. The average molecular weight is 878 g/mol. The van der Waals surface area contributed by atoms with Crippen LogP contribution in [0.25, 0.3) is 17.1 Å². The van der Waals surface area contributed by atoms with Crippen molar-refractivity contribution in [1.82, 2.24) is 40.6 Å². The van der Waals surface area contributed by atoms with Crippen molar-refractivity contribution in [2.24, 2.45) is 5.92 Å². The molecule has 2 aliphatic heterocycles. The van der Waals surface area contributed by atoms with E-state index in [0.29, 0.717) is 60.4 Å². The number of anilines is 3. The van der Waals surface area contributed by atoms with Crippen molar-refractivity contribution in [3.05, 3.63) is 101 Å². The van der Waals surface area contributed by atoms with Crippen molar-refractivity contribution in [3.8, 4) is 17.1 Å². The molecule has 20 heteroatoms. The molecule has 1 unspecified atom stereocenters. The highest BCUT2D eigenvalue weighted by atomic mass is 19.3. The Morgan fingerprint density at radius 1 is 0.875 bits per heavy atom. The lowest BCUT2D eigenvalue weighted by atomic mass is 10.0. The van der Waals surface area contributed by atoms with Gasteiger partial charge in [-0.2, -0.15) is 5.10 Å². The van der Waals surface area contributed by atoms with Crippen molar-refractivity contribution in [3.63, 3.8) is 0 Å². The summed E-state index contributed by atoms with van der Waals surface area (Å²) in [5.41, 5.74) is 1.30. The minimum absolute atomic E-state index is 0.0469. The number of amides is 6. The number of pyridine rings is 1. The van der Waals surface area contributed by atoms with Gasteiger partial charge in [0.05, 0.1) is 28.7 Å². The van der Waals surface area contributed by atoms with E-state index in [2.05, 4.69) is 47.0 Å². The van der Waals surface area contributed by atoms with E-state index in [4.69, 9.17) is 4.42 Å². The summed E-state index contributed by atoms with van der Waals surface area (Å²) in [7, 11) is 0. The van der Waals surface area contributed by atoms with E-state index in [9.17, 15) is 37.5 Å². The molecular formula is C44H45F2N11O7. The summed E-state index contributed by atoms with van der Waals surface area (Å²) >= 11 is 0. The van der Waals surface area contributed by atoms with Gasteiger partial charge in [0.25, 0.3) is 30.1 Å². The Morgan fingerprint density at radius 2 is 1.69 bits per heavy atom. The summed E-state index contributed by atoms with van der Waals surface area (Å²) in [6.07, 6.45) is 5.94. The molecule has 1 aliphatic carbocycles. The van der Waals surface area contributed by atoms with Gasteiger partial charge in [0.1, 0.15) is 18.1 Å². The molecule has 6 N–H and O–H groups in total. The average Bonchev–Trinajstić information content (AvgIpc) is 3.70. The fourth-order valence-electron chi connectivity index (χ4n) is 7.40. The zero-order chi connectivity index (χ0) is 44.7. The molecule has 1 atom stereocenters. The van der Waals surface area contributed by atoms with E-state index in [1.54, 1.807) is 60.8 Å². The van der Waals surface area contributed by atoms with E-state index in [-0.39, 0.29) is 47.1 Å². The highest BCUT2D eigenvalue weighted by molar-refractivity contribution is 6.25. The second-order valence-corrected chi connectivity index (χ2v) is 15.6. The lowest BCUT2D eigenvalue weighted by Crippen LogP contribution is -2.54. The fraction of sp³-hybridized carbons (Fsp3) is 0.341.